The van der Waals surface area contributed by atoms with Gasteiger partial charge in [0.1, 0.15) is 5.41 Å². The third kappa shape index (κ3) is 4.27. The fraction of sp³-hybridized carbons (Fsp3) is 0.500. The fourth-order valence-electron chi connectivity index (χ4n) is 1.82. The van der Waals surface area contributed by atoms with Crippen LogP contribution in [-0.2, 0) is 4.79 Å². The number of anilines is 1. The maximum atomic E-state index is 11.9. The highest BCUT2D eigenvalue weighted by molar-refractivity contribution is 5.84. The van der Waals surface area contributed by atoms with Crippen molar-refractivity contribution in [1.29, 1.82) is 5.26 Å². The molecule has 0 aliphatic heterocycles. The van der Waals surface area contributed by atoms with Crippen LogP contribution in [-0.4, -0.2) is 26.0 Å². The Balaban J connectivity index is 2.32. The van der Waals surface area contributed by atoms with Crippen molar-refractivity contribution < 1.29 is 4.79 Å². The number of rotatable bonds is 7. The quantitative estimate of drug-likeness (QED) is 0.777. The maximum absolute atomic E-state index is 11.9. The Bertz CT molecular complexity index is 466. The van der Waals surface area contributed by atoms with Crippen LogP contribution in [0.4, 0.5) is 5.69 Å². The van der Waals surface area contributed by atoms with Crippen LogP contribution < -0.4 is 10.2 Å². The van der Waals surface area contributed by atoms with Crippen molar-refractivity contribution in [1.82, 2.24) is 5.32 Å². The summed E-state index contributed by atoms with van der Waals surface area (Å²) in [5, 5.41) is 11.9. The molecule has 0 saturated carbocycles. The van der Waals surface area contributed by atoms with Gasteiger partial charge in [0.15, 0.2) is 0 Å². The topological polar surface area (TPSA) is 56.1 Å². The van der Waals surface area contributed by atoms with Crippen molar-refractivity contribution in [3.8, 4) is 6.07 Å². The Morgan fingerprint density at radius 1 is 1.40 bits per heavy atom. The monoisotopic (exact) mass is 273 g/mol. The summed E-state index contributed by atoms with van der Waals surface area (Å²) in [5.41, 5.74) is 0.250. The van der Waals surface area contributed by atoms with E-state index in [2.05, 4.69) is 28.4 Å². The molecule has 0 radical (unpaired) electrons. The van der Waals surface area contributed by atoms with Crippen LogP contribution in [0, 0.1) is 16.7 Å². The lowest BCUT2D eigenvalue weighted by molar-refractivity contribution is -0.127. The number of carbonyl (C=O) groups excluding carboxylic acids is 1. The standard InChI is InChI=1S/C16H23N3O/c1-4-16(2,13-17)15(20)18-11-8-12-19(3)14-9-6-5-7-10-14/h5-7,9-10H,4,8,11-12H2,1-3H3,(H,18,20). The van der Waals surface area contributed by atoms with Crippen molar-refractivity contribution >= 4 is 11.6 Å². The Morgan fingerprint density at radius 2 is 2.05 bits per heavy atom. The van der Waals surface area contributed by atoms with Gasteiger partial charge in [0.2, 0.25) is 5.91 Å². The molecule has 4 heteroatoms. The van der Waals surface area contributed by atoms with E-state index >= 15 is 0 Å². The van der Waals surface area contributed by atoms with Crippen molar-refractivity contribution in [2.75, 3.05) is 25.0 Å². The Hall–Kier alpha value is -2.02. The summed E-state index contributed by atoms with van der Waals surface area (Å²) in [4.78, 5) is 14.0. The summed E-state index contributed by atoms with van der Waals surface area (Å²) < 4.78 is 0. The number of amides is 1. The fourth-order valence-corrected chi connectivity index (χ4v) is 1.82. The summed E-state index contributed by atoms with van der Waals surface area (Å²) >= 11 is 0. The molecule has 0 aromatic heterocycles. The molecule has 0 spiro atoms. The number of nitrogens with one attached hydrogen (secondary N) is 1. The van der Waals surface area contributed by atoms with Crippen LogP contribution in [0.25, 0.3) is 0 Å². The van der Waals surface area contributed by atoms with E-state index in [-0.39, 0.29) is 5.91 Å². The highest BCUT2D eigenvalue weighted by Crippen LogP contribution is 2.19. The number of nitriles is 1. The van der Waals surface area contributed by atoms with Crippen LogP contribution in [0.2, 0.25) is 0 Å². The van der Waals surface area contributed by atoms with E-state index in [0.717, 1.165) is 18.7 Å². The second kappa shape index (κ2) is 7.54. The predicted molar refractivity (Wildman–Crippen MR) is 81.3 cm³/mol. The predicted octanol–water partition coefficient (Wildman–Crippen LogP) is 2.57. The molecule has 0 fully saturated rings. The van der Waals surface area contributed by atoms with Crippen LogP contribution in [0.1, 0.15) is 26.7 Å². The summed E-state index contributed by atoms with van der Waals surface area (Å²) in [6, 6.07) is 12.2. The summed E-state index contributed by atoms with van der Waals surface area (Å²) in [5.74, 6) is -0.176. The average molecular weight is 273 g/mol. The van der Waals surface area contributed by atoms with Gasteiger partial charge in [-0.1, -0.05) is 25.1 Å². The highest BCUT2D eigenvalue weighted by atomic mass is 16.2. The van der Waals surface area contributed by atoms with Crippen LogP contribution in [0.3, 0.4) is 0 Å². The molecule has 4 nitrogen and oxygen atoms in total. The van der Waals surface area contributed by atoms with Gasteiger partial charge in [0.25, 0.3) is 0 Å². The van der Waals surface area contributed by atoms with E-state index in [4.69, 9.17) is 5.26 Å². The first-order chi connectivity index (χ1) is 9.53. The van der Waals surface area contributed by atoms with Gasteiger partial charge < -0.3 is 10.2 Å². The molecule has 1 aromatic rings. The normalized spacial score (nSPS) is 13.1. The first-order valence-electron chi connectivity index (χ1n) is 6.99. The zero-order valence-electron chi connectivity index (χ0n) is 12.5. The molecule has 20 heavy (non-hydrogen) atoms. The number of para-hydroxylation sites is 1. The molecule has 0 aliphatic rings. The van der Waals surface area contributed by atoms with Gasteiger partial charge >= 0.3 is 0 Å². The number of hydrogen-bond donors (Lipinski definition) is 1. The minimum Gasteiger partial charge on any atom is -0.375 e. The van der Waals surface area contributed by atoms with E-state index in [1.165, 1.54) is 0 Å². The van der Waals surface area contributed by atoms with Gasteiger partial charge in [-0.3, -0.25) is 4.79 Å². The molecule has 1 unspecified atom stereocenters. The van der Waals surface area contributed by atoms with E-state index in [1.807, 2.05) is 32.2 Å². The molecule has 0 heterocycles. The molecular formula is C16H23N3O. The second-order valence-electron chi connectivity index (χ2n) is 5.16. The lowest BCUT2D eigenvalue weighted by Crippen LogP contribution is -2.38. The number of carbonyl (C=O) groups is 1. The summed E-state index contributed by atoms with van der Waals surface area (Å²) in [6.45, 7) is 4.98. The molecule has 108 valence electrons. The highest BCUT2D eigenvalue weighted by Gasteiger charge is 2.30. The molecule has 0 aliphatic carbocycles. The van der Waals surface area contributed by atoms with Crippen LogP contribution >= 0.6 is 0 Å². The molecule has 1 amide bonds. The SMILES string of the molecule is CCC(C)(C#N)C(=O)NCCCN(C)c1ccccc1. The number of hydrogen-bond acceptors (Lipinski definition) is 3. The van der Waals surface area contributed by atoms with Crippen molar-refractivity contribution in [3.05, 3.63) is 30.3 Å². The lowest BCUT2D eigenvalue weighted by atomic mass is 9.88. The van der Waals surface area contributed by atoms with Gasteiger partial charge in [-0.15, -0.1) is 0 Å². The zero-order valence-corrected chi connectivity index (χ0v) is 12.5. The molecule has 0 bridgehead atoms. The largest absolute Gasteiger partial charge is 0.375 e. The molecule has 1 N–H and O–H groups in total. The molecule has 1 rings (SSSR count). The average Bonchev–Trinajstić information content (AvgIpc) is 2.51. The van der Waals surface area contributed by atoms with E-state index in [0.29, 0.717) is 13.0 Å². The van der Waals surface area contributed by atoms with Crippen molar-refractivity contribution in [2.24, 2.45) is 5.41 Å². The number of benzene rings is 1. The first kappa shape index (κ1) is 16.0. The first-order valence-corrected chi connectivity index (χ1v) is 6.99. The molecule has 0 saturated heterocycles. The second-order valence-corrected chi connectivity index (χ2v) is 5.16. The zero-order chi connectivity index (χ0) is 15.0. The Kier molecular flexibility index (Phi) is 6.05. The number of nitrogens with zero attached hydrogens (tertiary/aromatic N) is 2. The molecular weight excluding hydrogens is 250 g/mol. The minimum absolute atomic E-state index is 0.176. The van der Waals surface area contributed by atoms with Crippen molar-refractivity contribution in [2.45, 2.75) is 26.7 Å². The Morgan fingerprint density at radius 3 is 2.60 bits per heavy atom. The lowest BCUT2D eigenvalue weighted by Gasteiger charge is -2.21. The van der Waals surface area contributed by atoms with E-state index in [1.54, 1.807) is 6.92 Å². The minimum atomic E-state index is -0.911. The van der Waals surface area contributed by atoms with Gasteiger partial charge in [0.05, 0.1) is 6.07 Å². The van der Waals surface area contributed by atoms with Crippen LogP contribution in [0.5, 0.6) is 0 Å². The third-order valence-corrected chi connectivity index (χ3v) is 3.61. The Labute approximate surface area is 121 Å². The van der Waals surface area contributed by atoms with E-state index < -0.39 is 5.41 Å². The van der Waals surface area contributed by atoms with Crippen molar-refractivity contribution in [3.63, 3.8) is 0 Å². The summed E-state index contributed by atoms with van der Waals surface area (Å²) in [7, 11) is 2.03. The summed E-state index contributed by atoms with van der Waals surface area (Å²) in [6.07, 6.45) is 1.38. The van der Waals surface area contributed by atoms with Gasteiger partial charge in [-0.05, 0) is 31.9 Å². The third-order valence-electron chi connectivity index (χ3n) is 3.61. The van der Waals surface area contributed by atoms with Gasteiger partial charge in [0, 0.05) is 25.8 Å². The maximum Gasteiger partial charge on any atom is 0.240 e. The molecule has 1 aromatic carbocycles. The van der Waals surface area contributed by atoms with Crippen LogP contribution in [0.15, 0.2) is 30.3 Å². The molecule has 1 atom stereocenters. The smallest absolute Gasteiger partial charge is 0.240 e. The van der Waals surface area contributed by atoms with Gasteiger partial charge in [-0.25, -0.2) is 0 Å². The van der Waals surface area contributed by atoms with E-state index in [9.17, 15) is 4.79 Å². The van der Waals surface area contributed by atoms with Gasteiger partial charge in [-0.2, -0.15) is 5.26 Å².